The van der Waals surface area contributed by atoms with E-state index in [4.69, 9.17) is 12.2 Å². The second kappa shape index (κ2) is 5.64. The van der Waals surface area contributed by atoms with E-state index in [-0.39, 0.29) is 0 Å². The lowest BCUT2D eigenvalue weighted by molar-refractivity contribution is 0.865. The first-order valence-electron chi connectivity index (χ1n) is 5.75. The van der Waals surface area contributed by atoms with Crippen LogP contribution in [0.15, 0.2) is 30.5 Å². The van der Waals surface area contributed by atoms with E-state index >= 15 is 0 Å². The largest absolute Gasteiger partial charge is 0.357 e. The summed E-state index contributed by atoms with van der Waals surface area (Å²) in [4.78, 5) is 0. The lowest BCUT2D eigenvalue weighted by Gasteiger charge is -2.12. The second-order valence-electron chi connectivity index (χ2n) is 4.21. The minimum atomic E-state index is 0.608. The van der Waals surface area contributed by atoms with Crippen LogP contribution in [0.5, 0.6) is 0 Å². The Balaban J connectivity index is 1.91. The average molecular weight is 260 g/mol. The highest BCUT2D eigenvalue weighted by Crippen LogP contribution is 2.15. The molecule has 0 spiro atoms. The van der Waals surface area contributed by atoms with Crippen LogP contribution in [0.2, 0.25) is 0 Å². The van der Waals surface area contributed by atoms with Crippen LogP contribution in [0.4, 0.5) is 5.69 Å². The van der Waals surface area contributed by atoms with Crippen LogP contribution in [-0.2, 0) is 6.54 Å². The lowest BCUT2D eigenvalue weighted by atomic mass is 10.1. The first-order chi connectivity index (χ1) is 8.65. The summed E-state index contributed by atoms with van der Waals surface area (Å²) in [5, 5.41) is 13.7. The standard InChI is InChI=1S/C13H16N4S/c1-9-3-4-12(10(2)7-9)16-13(18)14-8-11-5-6-15-17-11/h3-7H,8H2,1-2H3,(H,15,17)(H2,14,16,18). The lowest BCUT2D eigenvalue weighted by Crippen LogP contribution is -2.28. The van der Waals surface area contributed by atoms with Crippen molar-refractivity contribution in [3.05, 3.63) is 47.3 Å². The molecule has 0 aliphatic rings. The normalized spacial score (nSPS) is 10.1. The zero-order valence-corrected chi connectivity index (χ0v) is 11.3. The van der Waals surface area contributed by atoms with E-state index in [2.05, 4.69) is 46.8 Å². The Labute approximate surface area is 112 Å². The van der Waals surface area contributed by atoms with Crippen molar-refractivity contribution in [2.45, 2.75) is 20.4 Å². The van der Waals surface area contributed by atoms with Crippen molar-refractivity contribution in [3.63, 3.8) is 0 Å². The maximum absolute atomic E-state index is 5.25. The molecule has 0 fully saturated rings. The Hall–Kier alpha value is -1.88. The zero-order chi connectivity index (χ0) is 13.0. The third kappa shape index (κ3) is 3.30. The Morgan fingerprint density at radius 3 is 2.83 bits per heavy atom. The fraction of sp³-hybridized carbons (Fsp3) is 0.231. The van der Waals surface area contributed by atoms with Crippen molar-refractivity contribution in [2.24, 2.45) is 0 Å². The Kier molecular flexibility index (Phi) is 3.94. The third-order valence-electron chi connectivity index (χ3n) is 2.63. The van der Waals surface area contributed by atoms with E-state index < -0.39 is 0 Å². The van der Waals surface area contributed by atoms with E-state index in [9.17, 15) is 0 Å². The van der Waals surface area contributed by atoms with Gasteiger partial charge in [-0.15, -0.1) is 0 Å². The molecule has 0 radical (unpaired) electrons. The number of anilines is 1. The fourth-order valence-corrected chi connectivity index (χ4v) is 1.86. The molecule has 1 heterocycles. The van der Waals surface area contributed by atoms with Gasteiger partial charge < -0.3 is 10.6 Å². The molecular weight excluding hydrogens is 244 g/mol. The Morgan fingerprint density at radius 2 is 2.17 bits per heavy atom. The van der Waals surface area contributed by atoms with Crippen LogP contribution in [0.1, 0.15) is 16.8 Å². The number of aryl methyl sites for hydroxylation is 2. The summed E-state index contributed by atoms with van der Waals surface area (Å²) in [5.74, 6) is 0. The smallest absolute Gasteiger partial charge is 0.171 e. The highest BCUT2D eigenvalue weighted by molar-refractivity contribution is 7.80. The van der Waals surface area contributed by atoms with Crippen molar-refractivity contribution in [1.82, 2.24) is 15.5 Å². The molecule has 0 bridgehead atoms. The van der Waals surface area contributed by atoms with Crippen LogP contribution in [0.25, 0.3) is 0 Å². The Bertz CT molecular complexity index is 534. The molecule has 0 amide bonds. The highest BCUT2D eigenvalue weighted by atomic mass is 32.1. The van der Waals surface area contributed by atoms with Gasteiger partial charge in [-0.1, -0.05) is 17.7 Å². The van der Waals surface area contributed by atoms with Crippen molar-refractivity contribution in [1.29, 1.82) is 0 Å². The van der Waals surface area contributed by atoms with Gasteiger partial charge in [0.15, 0.2) is 5.11 Å². The minimum Gasteiger partial charge on any atom is -0.357 e. The summed E-state index contributed by atoms with van der Waals surface area (Å²) in [6, 6.07) is 8.13. The van der Waals surface area contributed by atoms with Gasteiger partial charge in [-0.3, -0.25) is 5.10 Å². The molecular formula is C13H16N4S. The molecule has 0 saturated carbocycles. The van der Waals surface area contributed by atoms with Crippen LogP contribution in [0.3, 0.4) is 0 Å². The summed E-state index contributed by atoms with van der Waals surface area (Å²) in [7, 11) is 0. The molecule has 18 heavy (non-hydrogen) atoms. The second-order valence-corrected chi connectivity index (χ2v) is 4.62. The van der Waals surface area contributed by atoms with Crippen LogP contribution < -0.4 is 10.6 Å². The number of benzene rings is 1. The van der Waals surface area contributed by atoms with Crippen molar-refractivity contribution in [3.8, 4) is 0 Å². The predicted octanol–water partition coefficient (Wildman–Crippen LogP) is 2.51. The number of hydrogen-bond acceptors (Lipinski definition) is 2. The molecule has 2 aromatic rings. The number of rotatable bonds is 3. The minimum absolute atomic E-state index is 0.608. The molecule has 0 unspecified atom stereocenters. The summed E-state index contributed by atoms with van der Waals surface area (Å²) in [6.45, 7) is 4.77. The number of nitrogens with zero attached hydrogens (tertiary/aromatic N) is 1. The fourth-order valence-electron chi connectivity index (χ4n) is 1.68. The molecule has 1 aromatic heterocycles. The van der Waals surface area contributed by atoms with E-state index in [1.807, 2.05) is 12.1 Å². The first-order valence-corrected chi connectivity index (χ1v) is 6.16. The van der Waals surface area contributed by atoms with E-state index in [1.165, 1.54) is 11.1 Å². The van der Waals surface area contributed by atoms with Crippen molar-refractivity contribution < 1.29 is 0 Å². The van der Waals surface area contributed by atoms with Crippen molar-refractivity contribution >= 4 is 23.0 Å². The van der Waals surface area contributed by atoms with Gasteiger partial charge in [-0.25, -0.2) is 0 Å². The molecule has 1 aromatic carbocycles. The number of hydrogen-bond donors (Lipinski definition) is 3. The average Bonchev–Trinajstić information content (AvgIpc) is 2.83. The molecule has 0 saturated heterocycles. The van der Waals surface area contributed by atoms with Gasteiger partial charge in [-0.05, 0) is 43.8 Å². The molecule has 2 rings (SSSR count). The van der Waals surface area contributed by atoms with Crippen molar-refractivity contribution in [2.75, 3.05) is 5.32 Å². The number of H-pyrrole nitrogens is 1. The molecule has 0 aliphatic heterocycles. The third-order valence-corrected chi connectivity index (χ3v) is 2.87. The quantitative estimate of drug-likeness (QED) is 0.742. The molecule has 0 aliphatic carbocycles. The van der Waals surface area contributed by atoms with E-state index in [0.717, 1.165) is 11.4 Å². The number of aromatic nitrogens is 2. The first kappa shape index (κ1) is 12.6. The molecule has 3 N–H and O–H groups in total. The topological polar surface area (TPSA) is 52.7 Å². The van der Waals surface area contributed by atoms with Gasteiger partial charge in [0.05, 0.1) is 12.2 Å². The Morgan fingerprint density at radius 1 is 1.33 bits per heavy atom. The van der Waals surface area contributed by atoms with E-state index in [0.29, 0.717) is 11.7 Å². The van der Waals surface area contributed by atoms with E-state index in [1.54, 1.807) is 6.20 Å². The van der Waals surface area contributed by atoms with Gasteiger partial charge in [0.2, 0.25) is 0 Å². The van der Waals surface area contributed by atoms with Gasteiger partial charge >= 0.3 is 0 Å². The highest BCUT2D eigenvalue weighted by Gasteiger charge is 2.01. The van der Waals surface area contributed by atoms with Gasteiger partial charge in [0.1, 0.15) is 0 Å². The number of thiocarbonyl (C=S) groups is 1. The molecule has 0 atom stereocenters. The predicted molar refractivity (Wildman–Crippen MR) is 77.6 cm³/mol. The molecule has 94 valence electrons. The maximum atomic E-state index is 5.25. The van der Waals surface area contributed by atoms with Gasteiger partial charge in [0, 0.05) is 11.9 Å². The van der Waals surface area contributed by atoms with Gasteiger partial charge in [-0.2, -0.15) is 5.10 Å². The summed E-state index contributed by atoms with van der Waals surface area (Å²) < 4.78 is 0. The van der Waals surface area contributed by atoms with Crippen LogP contribution in [-0.4, -0.2) is 15.3 Å². The zero-order valence-electron chi connectivity index (χ0n) is 10.4. The van der Waals surface area contributed by atoms with Crippen LogP contribution in [0, 0.1) is 13.8 Å². The SMILES string of the molecule is Cc1ccc(NC(=S)NCc2ccn[nH]2)c(C)c1. The molecule has 4 nitrogen and oxygen atoms in total. The summed E-state index contributed by atoms with van der Waals surface area (Å²) >= 11 is 5.25. The monoisotopic (exact) mass is 260 g/mol. The summed E-state index contributed by atoms with van der Waals surface area (Å²) in [5.41, 5.74) is 4.46. The number of aromatic amines is 1. The maximum Gasteiger partial charge on any atom is 0.171 e. The summed E-state index contributed by atoms with van der Waals surface area (Å²) in [6.07, 6.45) is 1.72. The number of nitrogens with one attached hydrogen (secondary N) is 3. The molecule has 5 heteroatoms. The van der Waals surface area contributed by atoms with Gasteiger partial charge in [0.25, 0.3) is 0 Å². The van der Waals surface area contributed by atoms with Crippen LogP contribution >= 0.6 is 12.2 Å².